The fourth-order valence-corrected chi connectivity index (χ4v) is 2.93. The number of thiazole rings is 1. The molecular formula is C15H19N3O2S. The number of amides is 1. The van der Waals surface area contributed by atoms with Crippen LogP contribution >= 0.6 is 11.3 Å². The number of rotatable bonds is 6. The summed E-state index contributed by atoms with van der Waals surface area (Å²) in [6.45, 7) is 4.74. The number of carbonyl (C=O) groups excluding carboxylic acids is 1. The summed E-state index contributed by atoms with van der Waals surface area (Å²) in [7, 11) is 0. The van der Waals surface area contributed by atoms with E-state index in [1.165, 1.54) is 11.3 Å². The van der Waals surface area contributed by atoms with Crippen molar-refractivity contribution in [2.45, 2.75) is 26.7 Å². The van der Waals surface area contributed by atoms with Crippen molar-refractivity contribution < 1.29 is 9.53 Å². The standard InChI is InChI=1S/C15H19N3O2S/c1-3-9-20-11-7-5-10(6-8-11)15-17-12(4-2)13(21-15)14(19)18-16/h5-8H,3-4,9,16H2,1-2H3,(H,18,19). The van der Waals surface area contributed by atoms with Crippen molar-refractivity contribution >= 4 is 17.2 Å². The van der Waals surface area contributed by atoms with Gasteiger partial charge in [0.05, 0.1) is 12.3 Å². The van der Waals surface area contributed by atoms with Crippen molar-refractivity contribution in [3.8, 4) is 16.3 Å². The molecule has 0 aliphatic heterocycles. The van der Waals surface area contributed by atoms with Gasteiger partial charge in [0, 0.05) is 5.56 Å². The molecule has 2 aromatic rings. The van der Waals surface area contributed by atoms with Crippen LogP contribution in [0.5, 0.6) is 5.75 Å². The number of hydrazine groups is 1. The molecule has 0 bridgehead atoms. The molecule has 0 spiro atoms. The SMILES string of the molecule is CCCOc1ccc(-c2nc(CC)c(C(=O)NN)s2)cc1. The van der Waals surface area contributed by atoms with Crippen molar-refractivity contribution in [1.29, 1.82) is 0 Å². The molecule has 1 amide bonds. The topological polar surface area (TPSA) is 77.2 Å². The summed E-state index contributed by atoms with van der Waals surface area (Å²) in [4.78, 5) is 16.8. The molecule has 6 heteroatoms. The average Bonchev–Trinajstić information content (AvgIpc) is 2.97. The van der Waals surface area contributed by atoms with Gasteiger partial charge in [-0.2, -0.15) is 0 Å². The first-order valence-electron chi connectivity index (χ1n) is 6.93. The minimum atomic E-state index is -0.293. The zero-order valence-electron chi connectivity index (χ0n) is 12.2. The highest BCUT2D eigenvalue weighted by Gasteiger charge is 2.16. The highest BCUT2D eigenvalue weighted by molar-refractivity contribution is 7.17. The second kappa shape index (κ2) is 7.19. The molecule has 0 atom stereocenters. The molecule has 0 aliphatic rings. The minimum absolute atomic E-state index is 0.293. The monoisotopic (exact) mass is 305 g/mol. The average molecular weight is 305 g/mol. The summed E-state index contributed by atoms with van der Waals surface area (Å²) in [5.41, 5.74) is 3.90. The number of aryl methyl sites for hydroxylation is 1. The van der Waals surface area contributed by atoms with Crippen LogP contribution in [-0.4, -0.2) is 17.5 Å². The summed E-state index contributed by atoms with van der Waals surface area (Å²) in [6.07, 6.45) is 1.67. The molecule has 0 saturated carbocycles. The Morgan fingerprint density at radius 3 is 2.62 bits per heavy atom. The van der Waals surface area contributed by atoms with Gasteiger partial charge >= 0.3 is 0 Å². The molecule has 0 aliphatic carbocycles. The maximum Gasteiger partial charge on any atom is 0.277 e. The number of nitrogens with one attached hydrogen (secondary N) is 1. The van der Waals surface area contributed by atoms with E-state index in [-0.39, 0.29) is 5.91 Å². The van der Waals surface area contributed by atoms with Gasteiger partial charge in [-0.1, -0.05) is 13.8 Å². The molecule has 21 heavy (non-hydrogen) atoms. The van der Waals surface area contributed by atoms with Gasteiger partial charge in [0.1, 0.15) is 15.6 Å². The predicted molar refractivity (Wildman–Crippen MR) is 84.4 cm³/mol. The largest absolute Gasteiger partial charge is 0.494 e. The smallest absolute Gasteiger partial charge is 0.277 e. The molecule has 1 aromatic carbocycles. The van der Waals surface area contributed by atoms with Gasteiger partial charge in [0.15, 0.2) is 0 Å². The summed E-state index contributed by atoms with van der Waals surface area (Å²) >= 11 is 1.35. The Morgan fingerprint density at radius 1 is 1.33 bits per heavy atom. The second-order valence-electron chi connectivity index (χ2n) is 4.49. The Hall–Kier alpha value is -1.92. The number of ether oxygens (including phenoxy) is 1. The van der Waals surface area contributed by atoms with Crippen LogP contribution in [0.1, 0.15) is 35.6 Å². The first-order valence-corrected chi connectivity index (χ1v) is 7.75. The third-order valence-corrected chi connectivity index (χ3v) is 4.09. The van der Waals surface area contributed by atoms with Crippen LogP contribution in [0.4, 0.5) is 0 Å². The van der Waals surface area contributed by atoms with Crippen molar-refractivity contribution in [1.82, 2.24) is 10.4 Å². The van der Waals surface area contributed by atoms with Crippen LogP contribution in [0.3, 0.4) is 0 Å². The van der Waals surface area contributed by atoms with Gasteiger partial charge in [-0.3, -0.25) is 10.2 Å². The Bertz CT molecular complexity index is 608. The van der Waals surface area contributed by atoms with Gasteiger partial charge in [-0.25, -0.2) is 10.8 Å². The van der Waals surface area contributed by atoms with Crippen LogP contribution in [0.25, 0.3) is 10.6 Å². The molecule has 3 N–H and O–H groups in total. The van der Waals surface area contributed by atoms with E-state index in [2.05, 4.69) is 17.3 Å². The van der Waals surface area contributed by atoms with Crippen molar-refractivity contribution in [3.63, 3.8) is 0 Å². The Kier molecular flexibility index (Phi) is 5.30. The van der Waals surface area contributed by atoms with E-state index in [1.54, 1.807) is 0 Å². The molecule has 5 nitrogen and oxygen atoms in total. The van der Waals surface area contributed by atoms with E-state index in [4.69, 9.17) is 10.6 Å². The molecule has 0 unspecified atom stereocenters. The van der Waals surface area contributed by atoms with Gasteiger partial charge in [-0.05, 0) is 37.1 Å². The van der Waals surface area contributed by atoms with Gasteiger partial charge in [-0.15, -0.1) is 11.3 Å². The summed E-state index contributed by atoms with van der Waals surface area (Å²) < 4.78 is 5.55. The quantitative estimate of drug-likeness (QED) is 0.489. The van der Waals surface area contributed by atoms with Crippen LogP contribution in [-0.2, 0) is 6.42 Å². The van der Waals surface area contributed by atoms with Crippen LogP contribution in [0.15, 0.2) is 24.3 Å². The Labute approximate surface area is 128 Å². The summed E-state index contributed by atoms with van der Waals surface area (Å²) in [5.74, 6) is 5.75. The van der Waals surface area contributed by atoms with Gasteiger partial charge in [0.25, 0.3) is 5.91 Å². The first kappa shape index (κ1) is 15.5. The summed E-state index contributed by atoms with van der Waals surface area (Å²) in [5, 5.41) is 0.812. The third-order valence-electron chi connectivity index (χ3n) is 2.94. The molecular weight excluding hydrogens is 286 g/mol. The lowest BCUT2D eigenvalue weighted by Gasteiger charge is -2.04. The number of hydrogen-bond donors (Lipinski definition) is 2. The second-order valence-corrected chi connectivity index (χ2v) is 5.49. The summed E-state index contributed by atoms with van der Waals surface area (Å²) in [6, 6.07) is 7.74. The lowest BCUT2D eigenvalue weighted by molar-refractivity contribution is 0.0956. The molecule has 0 radical (unpaired) electrons. The fraction of sp³-hybridized carbons (Fsp3) is 0.333. The van der Waals surface area contributed by atoms with Crippen LogP contribution in [0.2, 0.25) is 0 Å². The maximum atomic E-state index is 11.7. The number of nitrogen functional groups attached to an aromatic ring is 1. The van der Waals surface area contributed by atoms with E-state index in [0.29, 0.717) is 17.9 Å². The van der Waals surface area contributed by atoms with Gasteiger partial charge in [0.2, 0.25) is 0 Å². The van der Waals surface area contributed by atoms with Crippen molar-refractivity contribution in [2.24, 2.45) is 5.84 Å². The van der Waals surface area contributed by atoms with E-state index in [1.807, 2.05) is 31.2 Å². The number of benzene rings is 1. The highest BCUT2D eigenvalue weighted by Crippen LogP contribution is 2.29. The predicted octanol–water partition coefficient (Wildman–Crippen LogP) is 2.76. The molecule has 0 fully saturated rings. The third kappa shape index (κ3) is 3.59. The Balaban J connectivity index is 2.25. The lowest BCUT2D eigenvalue weighted by atomic mass is 10.2. The number of carbonyl (C=O) groups is 1. The fourth-order valence-electron chi connectivity index (χ4n) is 1.87. The van der Waals surface area contributed by atoms with Crippen molar-refractivity contribution in [3.05, 3.63) is 34.8 Å². The lowest BCUT2D eigenvalue weighted by Crippen LogP contribution is -2.29. The molecule has 1 heterocycles. The molecule has 0 saturated heterocycles. The number of aromatic nitrogens is 1. The maximum absolute atomic E-state index is 11.7. The normalized spacial score (nSPS) is 10.4. The van der Waals surface area contributed by atoms with Crippen LogP contribution < -0.4 is 16.0 Å². The molecule has 1 aromatic heterocycles. The van der Waals surface area contributed by atoms with Crippen molar-refractivity contribution in [2.75, 3.05) is 6.61 Å². The van der Waals surface area contributed by atoms with E-state index in [9.17, 15) is 4.79 Å². The van der Waals surface area contributed by atoms with E-state index in [0.717, 1.165) is 28.4 Å². The number of nitrogens with two attached hydrogens (primary N) is 1. The van der Waals surface area contributed by atoms with Gasteiger partial charge < -0.3 is 4.74 Å². The van der Waals surface area contributed by atoms with Crippen LogP contribution in [0, 0.1) is 0 Å². The zero-order valence-corrected chi connectivity index (χ0v) is 13.0. The number of nitrogens with zero attached hydrogens (tertiary/aromatic N) is 1. The zero-order chi connectivity index (χ0) is 15.2. The molecule has 2 rings (SSSR count). The number of hydrogen-bond acceptors (Lipinski definition) is 5. The Morgan fingerprint density at radius 2 is 2.05 bits per heavy atom. The first-order chi connectivity index (χ1) is 10.2. The minimum Gasteiger partial charge on any atom is -0.494 e. The highest BCUT2D eigenvalue weighted by atomic mass is 32.1. The van der Waals surface area contributed by atoms with E-state index < -0.39 is 0 Å². The van der Waals surface area contributed by atoms with E-state index >= 15 is 0 Å². The molecule has 112 valence electrons.